The average molecular weight is 327 g/mol. The van der Waals surface area contributed by atoms with Crippen molar-refractivity contribution in [3.05, 3.63) is 70.3 Å². The van der Waals surface area contributed by atoms with Gasteiger partial charge in [0.25, 0.3) is 5.09 Å². The van der Waals surface area contributed by atoms with Gasteiger partial charge in [-0.15, -0.1) is 16.7 Å². The maximum absolute atomic E-state index is 8.36. The molecule has 9 heteroatoms. The molecule has 118 valence electrons. The van der Waals surface area contributed by atoms with Crippen LogP contribution in [0, 0.1) is 10.1 Å². The van der Waals surface area contributed by atoms with Crippen molar-refractivity contribution in [3.63, 3.8) is 0 Å². The number of aromatic nitrogens is 3. The van der Waals surface area contributed by atoms with Crippen LogP contribution in [0.5, 0.6) is 0 Å². The second-order valence-electron chi connectivity index (χ2n) is 4.02. The van der Waals surface area contributed by atoms with Crippen molar-refractivity contribution in [3.8, 4) is 0 Å². The van der Waals surface area contributed by atoms with E-state index in [4.69, 9.17) is 31.7 Å². The SMILES string of the molecule is C=CCOC(Cn1cncn1)c1ccc(Cl)cc1.O=[N+]([O-])O. The maximum Gasteiger partial charge on any atom is 0.291 e. The molecular weight excluding hydrogens is 312 g/mol. The molecule has 0 saturated carbocycles. The van der Waals surface area contributed by atoms with Gasteiger partial charge in [-0.1, -0.05) is 29.8 Å². The van der Waals surface area contributed by atoms with Crippen LogP contribution in [-0.4, -0.2) is 31.7 Å². The van der Waals surface area contributed by atoms with Crippen LogP contribution in [0.4, 0.5) is 0 Å². The molecule has 0 saturated heterocycles. The van der Waals surface area contributed by atoms with Crippen molar-refractivity contribution in [1.82, 2.24) is 14.8 Å². The summed E-state index contributed by atoms with van der Waals surface area (Å²) in [6, 6.07) is 7.60. The lowest BCUT2D eigenvalue weighted by Crippen LogP contribution is -2.13. The first-order valence-corrected chi connectivity index (χ1v) is 6.54. The van der Waals surface area contributed by atoms with Crippen LogP contribution in [0.3, 0.4) is 0 Å². The first kappa shape index (κ1) is 17.6. The average Bonchev–Trinajstić information content (AvgIpc) is 2.97. The van der Waals surface area contributed by atoms with Crippen LogP contribution in [0.15, 0.2) is 49.6 Å². The van der Waals surface area contributed by atoms with Gasteiger partial charge in [0.05, 0.1) is 13.2 Å². The molecule has 0 bridgehead atoms. The van der Waals surface area contributed by atoms with Gasteiger partial charge in [-0.2, -0.15) is 5.10 Å². The van der Waals surface area contributed by atoms with E-state index in [0.717, 1.165) is 5.56 Å². The second kappa shape index (κ2) is 9.48. The fraction of sp³-hybridized carbons (Fsp3) is 0.231. The Bertz CT molecular complexity index is 570. The lowest BCUT2D eigenvalue weighted by atomic mass is 10.1. The Morgan fingerprint density at radius 3 is 2.64 bits per heavy atom. The summed E-state index contributed by atoms with van der Waals surface area (Å²) in [4.78, 5) is 12.3. The minimum Gasteiger partial charge on any atom is -0.368 e. The van der Waals surface area contributed by atoms with E-state index in [0.29, 0.717) is 18.2 Å². The number of benzene rings is 1. The molecule has 1 aromatic heterocycles. The van der Waals surface area contributed by atoms with Crippen LogP contribution >= 0.6 is 11.6 Å². The minimum absolute atomic E-state index is 0.0954. The van der Waals surface area contributed by atoms with Crippen LogP contribution in [0.25, 0.3) is 0 Å². The highest BCUT2D eigenvalue weighted by molar-refractivity contribution is 6.30. The van der Waals surface area contributed by atoms with E-state index in [2.05, 4.69) is 16.7 Å². The van der Waals surface area contributed by atoms with Crippen molar-refractivity contribution in [2.45, 2.75) is 12.6 Å². The number of halogens is 1. The molecule has 1 atom stereocenters. The standard InChI is InChI=1S/C13H14ClN3O.HNO3/c1-2-7-18-13(8-17-10-15-9-16-17)11-3-5-12(14)6-4-11;2-1(3)4/h2-6,9-10,13H,1,7-8H2;(H,2,3,4). The van der Waals surface area contributed by atoms with E-state index in [1.54, 1.807) is 17.1 Å². The molecule has 2 rings (SSSR count). The summed E-state index contributed by atoms with van der Waals surface area (Å²) in [5, 5.41) is 18.4. The van der Waals surface area contributed by atoms with E-state index in [1.807, 2.05) is 24.3 Å². The Morgan fingerprint density at radius 2 is 2.14 bits per heavy atom. The van der Waals surface area contributed by atoms with Gasteiger partial charge in [-0.05, 0) is 17.7 Å². The number of hydrogen-bond donors (Lipinski definition) is 1. The third-order valence-corrected chi connectivity index (χ3v) is 2.73. The van der Waals surface area contributed by atoms with Gasteiger partial charge in [0.1, 0.15) is 18.8 Å². The summed E-state index contributed by atoms with van der Waals surface area (Å²) in [5.41, 5.74) is 1.05. The van der Waals surface area contributed by atoms with Gasteiger partial charge >= 0.3 is 0 Å². The monoisotopic (exact) mass is 326 g/mol. The van der Waals surface area contributed by atoms with E-state index < -0.39 is 5.09 Å². The molecule has 0 aliphatic rings. The van der Waals surface area contributed by atoms with E-state index in [9.17, 15) is 0 Å². The molecule has 0 fully saturated rings. The molecule has 1 aromatic carbocycles. The fourth-order valence-electron chi connectivity index (χ4n) is 1.61. The van der Waals surface area contributed by atoms with Gasteiger partial charge < -0.3 is 9.94 Å². The zero-order valence-corrected chi connectivity index (χ0v) is 12.3. The van der Waals surface area contributed by atoms with Crippen LogP contribution in [0.1, 0.15) is 11.7 Å². The molecule has 0 amide bonds. The summed E-state index contributed by atoms with van der Waals surface area (Å²) < 4.78 is 7.48. The zero-order chi connectivity index (χ0) is 16.4. The Kier molecular flexibility index (Phi) is 7.58. The lowest BCUT2D eigenvalue weighted by Gasteiger charge is -2.17. The topological polar surface area (TPSA) is 103 Å². The summed E-state index contributed by atoms with van der Waals surface area (Å²) >= 11 is 5.88. The molecule has 0 radical (unpaired) electrons. The summed E-state index contributed by atoms with van der Waals surface area (Å²) in [5.74, 6) is 0. The molecule has 22 heavy (non-hydrogen) atoms. The molecule has 0 aliphatic carbocycles. The van der Waals surface area contributed by atoms with Crippen molar-refractivity contribution in [2.24, 2.45) is 0 Å². The third-order valence-electron chi connectivity index (χ3n) is 2.48. The molecule has 1 heterocycles. The molecular formula is C13H15ClN4O4. The van der Waals surface area contributed by atoms with Crippen molar-refractivity contribution < 1.29 is 15.0 Å². The Morgan fingerprint density at radius 1 is 1.50 bits per heavy atom. The highest BCUT2D eigenvalue weighted by Gasteiger charge is 2.12. The first-order valence-electron chi connectivity index (χ1n) is 6.16. The largest absolute Gasteiger partial charge is 0.368 e. The Labute approximate surface area is 131 Å². The van der Waals surface area contributed by atoms with Gasteiger partial charge in [0.2, 0.25) is 0 Å². The van der Waals surface area contributed by atoms with E-state index in [1.165, 1.54) is 6.33 Å². The minimum atomic E-state index is -1.50. The van der Waals surface area contributed by atoms with E-state index >= 15 is 0 Å². The quantitative estimate of drug-likeness (QED) is 0.497. The molecule has 1 N–H and O–H groups in total. The van der Waals surface area contributed by atoms with Gasteiger partial charge in [-0.3, -0.25) is 4.68 Å². The third kappa shape index (κ3) is 6.82. The Hall–Kier alpha value is -2.45. The predicted octanol–water partition coefficient (Wildman–Crippen LogP) is 2.53. The normalized spacial score (nSPS) is 11.1. The Balaban J connectivity index is 0.000000541. The van der Waals surface area contributed by atoms with Crippen molar-refractivity contribution in [2.75, 3.05) is 6.61 Å². The molecule has 8 nitrogen and oxygen atoms in total. The van der Waals surface area contributed by atoms with Crippen molar-refractivity contribution in [1.29, 1.82) is 0 Å². The highest BCUT2D eigenvalue weighted by atomic mass is 35.5. The zero-order valence-electron chi connectivity index (χ0n) is 11.6. The van der Waals surface area contributed by atoms with Crippen molar-refractivity contribution >= 4 is 11.6 Å². The van der Waals surface area contributed by atoms with Gasteiger partial charge in [-0.25, -0.2) is 4.98 Å². The van der Waals surface area contributed by atoms with Crippen LogP contribution < -0.4 is 0 Å². The van der Waals surface area contributed by atoms with Gasteiger partial charge in [0, 0.05) is 5.02 Å². The number of rotatable bonds is 6. The van der Waals surface area contributed by atoms with Crippen LogP contribution in [-0.2, 0) is 11.3 Å². The van der Waals surface area contributed by atoms with Crippen LogP contribution in [0.2, 0.25) is 5.02 Å². The first-order chi connectivity index (χ1) is 10.5. The second-order valence-corrected chi connectivity index (χ2v) is 4.45. The van der Waals surface area contributed by atoms with E-state index in [-0.39, 0.29) is 6.10 Å². The number of hydrogen-bond acceptors (Lipinski definition) is 5. The summed E-state index contributed by atoms with van der Waals surface area (Å²) in [6.45, 7) is 4.75. The van der Waals surface area contributed by atoms with Gasteiger partial charge in [0.15, 0.2) is 0 Å². The number of ether oxygens (including phenoxy) is 1. The molecule has 0 spiro atoms. The highest BCUT2D eigenvalue weighted by Crippen LogP contribution is 2.21. The maximum atomic E-state index is 8.36. The fourth-order valence-corrected chi connectivity index (χ4v) is 1.74. The lowest BCUT2D eigenvalue weighted by molar-refractivity contribution is -0.742. The molecule has 1 unspecified atom stereocenters. The predicted molar refractivity (Wildman–Crippen MR) is 79.1 cm³/mol. The number of nitrogens with zero attached hydrogens (tertiary/aromatic N) is 4. The molecule has 2 aromatic rings. The smallest absolute Gasteiger partial charge is 0.291 e. The summed E-state index contributed by atoms with van der Waals surface area (Å²) in [6.07, 6.45) is 4.80. The summed E-state index contributed by atoms with van der Waals surface area (Å²) in [7, 11) is 0. The molecule has 0 aliphatic heterocycles.